The van der Waals surface area contributed by atoms with Crippen molar-refractivity contribution in [1.29, 1.82) is 0 Å². The van der Waals surface area contributed by atoms with E-state index in [0.29, 0.717) is 23.7 Å². The van der Waals surface area contributed by atoms with Gasteiger partial charge in [-0.3, -0.25) is 4.79 Å². The van der Waals surface area contributed by atoms with Crippen molar-refractivity contribution in [2.45, 2.75) is 6.61 Å². The minimum Gasteiger partial charge on any atom is -0.497 e. The molecule has 0 aliphatic heterocycles. The van der Waals surface area contributed by atoms with E-state index >= 15 is 0 Å². The summed E-state index contributed by atoms with van der Waals surface area (Å²) in [6.45, 7) is 0.479. The third-order valence-electron chi connectivity index (χ3n) is 4.23. The molecule has 3 rings (SSSR count). The Morgan fingerprint density at radius 1 is 1.00 bits per heavy atom. The molecule has 0 saturated heterocycles. The molecule has 0 saturated carbocycles. The molecule has 0 unspecified atom stereocenters. The molecule has 0 atom stereocenters. The average molecular weight is 469 g/mol. The topological polar surface area (TPSA) is 69.2 Å². The van der Waals surface area contributed by atoms with E-state index in [-0.39, 0.29) is 5.91 Å². The first-order valence-corrected chi connectivity index (χ1v) is 9.91. The molecule has 0 aromatic heterocycles. The summed E-state index contributed by atoms with van der Waals surface area (Å²) in [6.07, 6.45) is 1.56. The molecule has 30 heavy (non-hydrogen) atoms. The van der Waals surface area contributed by atoms with Crippen molar-refractivity contribution in [2.75, 3.05) is 14.2 Å². The SMILES string of the molecule is COc1ccc(C(=O)NN=Cc2ccc(OCc3ccccc3)c(Br)c2)c(OC)c1. The van der Waals surface area contributed by atoms with Gasteiger partial charge in [-0.05, 0) is 57.4 Å². The molecule has 6 nitrogen and oxygen atoms in total. The van der Waals surface area contributed by atoms with E-state index in [4.69, 9.17) is 14.2 Å². The Labute approximate surface area is 183 Å². The van der Waals surface area contributed by atoms with E-state index in [1.807, 2.05) is 48.5 Å². The molecule has 3 aromatic rings. The Morgan fingerprint density at radius 2 is 1.80 bits per heavy atom. The minimum absolute atomic E-state index is 0.362. The second kappa shape index (κ2) is 10.5. The molecule has 0 radical (unpaired) electrons. The third kappa shape index (κ3) is 5.61. The van der Waals surface area contributed by atoms with Crippen LogP contribution in [0.2, 0.25) is 0 Å². The molecule has 7 heteroatoms. The van der Waals surface area contributed by atoms with Crippen molar-refractivity contribution < 1.29 is 19.0 Å². The fourth-order valence-electron chi connectivity index (χ4n) is 2.66. The number of carbonyl (C=O) groups is 1. The summed E-state index contributed by atoms with van der Waals surface area (Å²) in [5.74, 6) is 1.35. The zero-order valence-electron chi connectivity index (χ0n) is 16.6. The number of rotatable bonds is 8. The largest absolute Gasteiger partial charge is 0.497 e. The van der Waals surface area contributed by atoms with Gasteiger partial charge in [0.1, 0.15) is 23.9 Å². The van der Waals surface area contributed by atoms with Gasteiger partial charge in [-0.2, -0.15) is 5.10 Å². The van der Waals surface area contributed by atoms with Gasteiger partial charge in [0.2, 0.25) is 0 Å². The highest BCUT2D eigenvalue weighted by molar-refractivity contribution is 9.10. The average Bonchev–Trinajstić information content (AvgIpc) is 2.78. The van der Waals surface area contributed by atoms with E-state index in [1.165, 1.54) is 7.11 Å². The lowest BCUT2D eigenvalue weighted by molar-refractivity contribution is 0.0952. The molecule has 0 heterocycles. The van der Waals surface area contributed by atoms with Gasteiger partial charge in [0.15, 0.2) is 0 Å². The quantitative estimate of drug-likeness (QED) is 0.380. The zero-order chi connectivity index (χ0) is 21.3. The number of amides is 1. The van der Waals surface area contributed by atoms with Crippen molar-refractivity contribution >= 4 is 28.1 Å². The Bertz CT molecular complexity index is 1040. The molecule has 0 bridgehead atoms. The van der Waals surface area contributed by atoms with Crippen molar-refractivity contribution in [3.05, 3.63) is 87.9 Å². The molecule has 0 fully saturated rings. The number of hydrazone groups is 1. The van der Waals surface area contributed by atoms with E-state index in [0.717, 1.165) is 21.3 Å². The van der Waals surface area contributed by atoms with E-state index in [9.17, 15) is 4.79 Å². The van der Waals surface area contributed by atoms with E-state index < -0.39 is 0 Å². The van der Waals surface area contributed by atoms with Gasteiger partial charge >= 0.3 is 0 Å². The number of carbonyl (C=O) groups excluding carboxylic acids is 1. The van der Waals surface area contributed by atoms with Crippen molar-refractivity contribution in [3.63, 3.8) is 0 Å². The Balaban J connectivity index is 1.61. The van der Waals surface area contributed by atoms with Gasteiger partial charge in [-0.25, -0.2) is 5.43 Å². The fraction of sp³-hybridized carbons (Fsp3) is 0.130. The molecule has 0 aliphatic carbocycles. The number of methoxy groups -OCH3 is 2. The molecule has 1 amide bonds. The van der Waals surface area contributed by atoms with E-state index in [2.05, 4.69) is 26.5 Å². The first kappa shape index (κ1) is 21.4. The zero-order valence-corrected chi connectivity index (χ0v) is 18.2. The van der Waals surface area contributed by atoms with Crippen LogP contribution in [0.25, 0.3) is 0 Å². The van der Waals surface area contributed by atoms with Crippen LogP contribution in [0.4, 0.5) is 0 Å². The lowest BCUT2D eigenvalue weighted by Crippen LogP contribution is -2.18. The van der Waals surface area contributed by atoms with Gasteiger partial charge in [-0.1, -0.05) is 30.3 Å². The first-order valence-electron chi connectivity index (χ1n) is 9.12. The van der Waals surface area contributed by atoms with Gasteiger partial charge in [0.05, 0.1) is 30.5 Å². The maximum Gasteiger partial charge on any atom is 0.275 e. The number of benzene rings is 3. The number of halogens is 1. The molecular weight excluding hydrogens is 448 g/mol. The normalized spacial score (nSPS) is 10.6. The molecular formula is C23H21BrN2O4. The lowest BCUT2D eigenvalue weighted by atomic mass is 10.2. The Kier molecular flexibility index (Phi) is 7.45. The number of hydrogen-bond acceptors (Lipinski definition) is 5. The van der Waals surface area contributed by atoms with Gasteiger partial charge in [0, 0.05) is 6.07 Å². The highest BCUT2D eigenvalue weighted by Gasteiger charge is 2.12. The third-order valence-corrected chi connectivity index (χ3v) is 4.85. The van der Waals surface area contributed by atoms with Crippen molar-refractivity contribution in [1.82, 2.24) is 5.43 Å². The lowest BCUT2D eigenvalue weighted by Gasteiger charge is -2.09. The summed E-state index contributed by atoms with van der Waals surface area (Å²) < 4.78 is 17.0. The van der Waals surface area contributed by atoms with Crippen LogP contribution in [0.3, 0.4) is 0 Å². The first-order chi connectivity index (χ1) is 14.6. The summed E-state index contributed by atoms with van der Waals surface area (Å²) >= 11 is 3.51. The second-order valence-electron chi connectivity index (χ2n) is 6.23. The predicted molar refractivity (Wildman–Crippen MR) is 120 cm³/mol. The van der Waals surface area contributed by atoms with Gasteiger partial charge < -0.3 is 14.2 Å². The molecule has 0 spiro atoms. The summed E-state index contributed by atoms with van der Waals surface area (Å²) in [4.78, 5) is 12.4. The smallest absolute Gasteiger partial charge is 0.275 e. The highest BCUT2D eigenvalue weighted by atomic mass is 79.9. The number of nitrogens with zero attached hydrogens (tertiary/aromatic N) is 1. The van der Waals surface area contributed by atoms with Crippen LogP contribution in [-0.2, 0) is 6.61 Å². The standard InChI is InChI=1S/C23H21BrN2O4/c1-28-18-9-10-19(22(13-18)29-2)23(27)26-25-14-17-8-11-21(20(24)12-17)30-15-16-6-4-3-5-7-16/h3-14H,15H2,1-2H3,(H,26,27). The summed E-state index contributed by atoms with van der Waals surface area (Å²) in [5.41, 5.74) is 4.76. The fourth-order valence-corrected chi connectivity index (χ4v) is 3.17. The molecule has 3 aromatic carbocycles. The summed E-state index contributed by atoms with van der Waals surface area (Å²) in [6, 6.07) is 20.5. The van der Waals surface area contributed by atoms with Crippen molar-refractivity contribution in [3.8, 4) is 17.2 Å². The van der Waals surface area contributed by atoms with E-state index in [1.54, 1.807) is 31.5 Å². The maximum atomic E-state index is 12.4. The second-order valence-corrected chi connectivity index (χ2v) is 7.08. The van der Waals surface area contributed by atoms with Crippen LogP contribution >= 0.6 is 15.9 Å². The predicted octanol–water partition coefficient (Wildman–Crippen LogP) is 4.81. The number of nitrogens with one attached hydrogen (secondary N) is 1. The van der Waals surface area contributed by atoms with Crippen LogP contribution in [0.5, 0.6) is 17.2 Å². The molecule has 1 N–H and O–H groups in total. The molecule has 154 valence electrons. The van der Waals surface area contributed by atoms with Crippen LogP contribution < -0.4 is 19.6 Å². The summed E-state index contributed by atoms with van der Waals surface area (Å²) in [5, 5.41) is 4.03. The Morgan fingerprint density at radius 3 is 2.50 bits per heavy atom. The van der Waals surface area contributed by atoms with Gasteiger partial charge in [-0.15, -0.1) is 0 Å². The monoisotopic (exact) mass is 468 g/mol. The Hall–Kier alpha value is -3.32. The highest BCUT2D eigenvalue weighted by Crippen LogP contribution is 2.27. The van der Waals surface area contributed by atoms with Crippen LogP contribution in [0.1, 0.15) is 21.5 Å². The van der Waals surface area contributed by atoms with Crippen LogP contribution in [-0.4, -0.2) is 26.3 Å². The number of ether oxygens (including phenoxy) is 3. The van der Waals surface area contributed by atoms with Gasteiger partial charge in [0.25, 0.3) is 5.91 Å². The maximum absolute atomic E-state index is 12.4. The van der Waals surface area contributed by atoms with Crippen LogP contribution in [0, 0.1) is 0 Å². The van der Waals surface area contributed by atoms with Crippen LogP contribution in [0.15, 0.2) is 76.3 Å². The van der Waals surface area contributed by atoms with Crippen molar-refractivity contribution in [2.24, 2.45) is 5.10 Å². The summed E-state index contributed by atoms with van der Waals surface area (Å²) in [7, 11) is 3.04. The minimum atomic E-state index is -0.382. The number of hydrogen-bond donors (Lipinski definition) is 1. The molecule has 0 aliphatic rings.